The number of anilines is 3. The smallest absolute Gasteiger partial charge is 0.136 e. The van der Waals surface area contributed by atoms with E-state index in [2.05, 4.69) is 157 Å². The summed E-state index contributed by atoms with van der Waals surface area (Å²) in [5.74, 6) is 0. The molecule has 0 saturated carbocycles. The number of thiophene rings is 1. The normalized spacial score (nSPS) is 11.8. The molecule has 220 valence electrons. The highest BCUT2D eigenvalue weighted by Crippen LogP contribution is 2.43. The molecule has 10 aromatic rings. The largest absolute Gasteiger partial charge is 0.456 e. The van der Waals surface area contributed by atoms with Gasteiger partial charge in [-0.2, -0.15) is 0 Å². The molecular weight excluding hydrogens is 591 g/mol. The zero-order valence-corrected chi connectivity index (χ0v) is 26.2. The zero-order valence-electron chi connectivity index (χ0n) is 25.4. The van der Waals surface area contributed by atoms with E-state index in [-0.39, 0.29) is 0 Å². The van der Waals surface area contributed by atoms with E-state index in [1.54, 1.807) is 0 Å². The van der Waals surface area contributed by atoms with Crippen LogP contribution in [0.15, 0.2) is 168 Å². The van der Waals surface area contributed by atoms with Gasteiger partial charge in [-0.25, -0.2) is 0 Å². The molecule has 0 unspecified atom stereocenters. The summed E-state index contributed by atoms with van der Waals surface area (Å²) in [4.78, 5) is 2.37. The summed E-state index contributed by atoms with van der Waals surface area (Å²) in [5, 5.41) is 9.75. The fourth-order valence-corrected chi connectivity index (χ4v) is 8.29. The highest BCUT2D eigenvalue weighted by atomic mass is 32.1. The molecule has 0 amide bonds. The lowest BCUT2D eigenvalue weighted by Crippen LogP contribution is -2.10. The predicted octanol–water partition coefficient (Wildman–Crippen LogP) is 13.4. The van der Waals surface area contributed by atoms with Crippen molar-refractivity contribution in [2.45, 2.75) is 0 Å². The molecule has 2 aromatic heterocycles. The minimum Gasteiger partial charge on any atom is -0.456 e. The maximum absolute atomic E-state index is 6.30. The molecular formula is C44H27NOS. The van der Waals surface area contributed by atoms with Gasteiger partial charge >= 0.3 is 0 Å². The van der Waals surface area contributed by atoms with E-state index in [0.29, 0.717) is 0 Å². The Morgan fingerprint density at radius 1 is 0.383 bits per heavy atom. The van der Waals surface area contributed by atoms with Crippen molar-refractivity contribution in [3.8, 4) is 11.1 Å². The van der Waals surface area contributed by atoms with E-state index in [4.69, 9.17) is 4.42 Å². The van der Waals surface area contributed by atoms with Crippen LogP contribution >= 0.6 is 11.3 Å². The Bertz CT molecular complexity index is 2790. The van der Waals surface area contributed by atoms with E-state index in [0.717, 1.165) is 39.0 Å². The van der Waals surface area contributed by atoms with Crippen LogP contribution in [0.3, 0.4) is 0 Å². The quantitative estimate of drug-likeness (QED) is 0.183. The topological polar surface area (TPSA) is 16.4 Å². The van der Waals surface area contributed by atoms with Gasteiger partial charge in [-0.05, 0) is 94.0 Å². The fourth-order valence-electron chi connectivity index (χ4n) is 7.20. The first-order chi connectivity index (χ1) is 23.3. The summed E-state index contributed by atoms with van der Waals surface area (Å²) in [6.45, 7) is 0. The third kappa shape index (κ3) is 4.17. The third-order valence-electron chi connectivity index (χ3n) is 9.44. The van der Waals surface area contributed by atoms with E-state index in [1.807, 2.05) is 23.5 Å². The van der Waals surface area contributed by atoms with Crippen molar-refractivity contribution in [1.29, 1.82) is 0 Å². The van der Waals surface area contributed by atoms with Gasteiger partial charge in [-0.3, -0.25) is 0 Å². The van der Waals surface area contributed by atoms with Gasteiger partial charge in [0.15, 0.2) is 0 Å². The SMILES string of the molecule is c1ccc(N(c2ccc(-c3ccc4sc5ccccc5c4c3)cc2)c2cccc3c2ccc2cc4c(cc23)oc2ccccc24)cc1. The van der Waals surface area contributed by atoms with Crippen molar-refractivity contribution in [2.24, 2.45) is 0 Å². The standard InChI is InChI=1S/C44H27NOS/c1-2-9-31(10-3-1)45(32-21-17-28(18-22-32)29-20-24-44-39(25-29)36-12-5-7-16-43(36)47-44)40-14-8-13-33-34(40)23-19-30-26-38-35-11-4-6-15-41(35)46-42(38)27-37(30)33/h1-27H. The average molecular weight is 618 g/mol. The number of para-hydroxylation sites is 2. The molecule has 0 fully saturated rings. The molecule has 0 spiro atoms. The summed E-state index contributed by atoms with van der Waals surface area (Å²) in [7, 11) is 0. The highest BCUT2D eigenvalue weighted by Gasteiger charge is 2.17. The molecule has 3 heteroatoms. The third-order valence-corrected chi connectivity index (χ3v) is 10.6. The van der Waals surface area contributed by atoms with Crippen molar-refractivity contribution in [3.63, 3.8) is 0 Å². The first kappa shape index (κ1) is 26.3. The lowest BCUT2D eigenvalue weighted by molar-refractivity contribution is 0.669. The number of nitrogens with zero attached hydrogens (tertiary/aromatic N) is 1. The van der Waals surface area contributed by atoms with Crippen LogP contribution in [0.1, 0.15) is 0 Å². The summed E-state index contributed by atoms with van der Waals surface area (Å²) >= 11 is 1.86. The van der Waals surface area contributed by atoms with Crippen LogP contribution in [0.4, 0.5) is 17.1 Å². The minimum absolute atomic E-state index is 0.917. The van der Waals surface area contributed by atoms with Crippen molar-refractivity contribution in [1.82, 2.24) is 0 Å². The molecule has 0 bridgehead atoms. The van der Waals surface area contributed by atoms with Crippen LogP contribution in [-0.4, -0.2) is 0 Å². The lowest BCUT2D eigenvalue weighted by atomic mass is 9.98. The maximum Gasteiger partial charge on any atom is 0.136 e. The summed E-state index contributed by atoms with van der Waals surface area (Å²) in [6, 6.07) is 59.1. The van der Waals surface area contributed by atoms with Gasteiger partial charge in [-0.1, -0.05) is 97.1 Å². The lowest BCUT2D eigenvalue weighted by Gasteiger charge is -2.27. The number of fused-ring (bicyclic) bond motifs is 9. The Morgan fingerprint density at radius 3 is 2.00 bits per heavy atom. The Hall–Kier alpha value is -5.90. The van der Waals surface area contributed by atoms with Gasteiger partial charge in [-0.15, -0.1) is 11.3 Å². The van der Waals surface area contributed by atoms with Crippen LogP contribution in [0.2, 0.25) is 0 Å². The molecule has 8 aromatic carbocycles. The summed E-state index contributed by atoms with van der Waals surface area (Å²) in [6.07, 6.45) is 0. The zero-order chi connectivity index (χ0) is 30.9. The van der Waals surface area contributed by atoms with Crippen LogP contribution < -0.4 is 4.90 Å². The molecule has 0 aliphatic heterocycles. The highest BCUT2D eigenvalue weighted by molar-refractivity contribution is 7.25. The Labute approximate surface area is 275 Å². The van der Waals surface area contributed by atoms with Crippen LogP contribution in [-0.2, 0) is 0 Å². The average Bonchev–Trinajstić information content (AvgIpc) is 3.69. The first-order valence-corrected chi connectivity index (χ1v) is 16.7. The molecule has 0 atom stereocenters. The summed E-state index contributed by atoms with van der Waals surface area (Å²) < 4.78 is 8.96. The van der Waals surface area contributed by atoms with Crippen LogP contribution in [0, 0.1) is 0 Å². The van der Waals surface area contributed by atoms with Crippen LogP contribution in [0.5, 0.6) is 0 Å². The van der Waals surface area contributed by atoms with Gasteiger partial charge in [0.25, 0.3) is 0 Å². The number of hydrogen-bond donors (Lipinski definition) is 0. The van der Waals surface area contributed by atoms with Gasteiger partial charge in [0.05, 0.1) is 5.69 Å². The Balaban J connectivity index is 1.12. The monoisotopic (exact) mass is 617 g/mol. The molecule has 0 aliphatic carbocycles. The van der Waals surface area contributed by atoms with Crippen molar-refractivity contribution in [2.75, 3.05) is 4.90 Å². The van der Waals surface area contributed by atoms with Gasteiger partial charge in [0.1, 0.15) is 11.2 Å². The fraction of sp³-hybridized carbons (Fsp3) is 0. The van der Waals surface area contributed by atoms with Gasteiger partial charge in [0, 0.05) is 47.7 Å². The van der Waals surface area contributed by atoms with Gasteiger partial charge in [0.2, 0.25) is 0 Å². The molecule has 2 nitrogen and oxygen atoms in total. The molecule has 0 aliphatic rings. The number of hydrogen-bond acceptors (Lipinski definition) is 3. The Morgan fingerprint density at radius 2 is 1.11 bits per heavy atom. The van der Waals surface area contributed by atoms with Gasteiger partial charge < -0.3 is 9.32 Å². The molecule has 2 heterocycles. The predicted molar refractivity (Wildman–Crippen MR) is 202 cm³/mol. The van der Waals surface area contributed by atoms with Crippen molar-refractivity contribution >= 4 is 92.1 Å². The molecule has 0 N–H and O–H groups in total. The molecule has 0 radical (unpaired) electrons. The van der Waals surface area contributed by atoms with Crippen molar-refractivity contribution < 1.29 is 4.42 Å². The first-order valence-electron chi connectivity index (χ1n) is 15.9. The number of benzene rings is 8. The number of rotatable bonds is 4. The second kappa shape index (κ2) is 10.3. The van der Waals surface area contributed by atoms with E-state index < -0.39 is 0 Å². The van der Waals surface area contributed by atoms with E-state index in [1.165, 1.54) is 52.8 Å². The summed E-state index contributed by atoms with van der Waals surface area (Å²) in [5.41, 5.74) is 7.64. The molecule has 10 rings (SSSR count). The van der Waals surface area contributed by atoms with E-state index in [9.17, 15) is 0 Å². The second-order valence-electron chi connectivity index (χ2n) is 12.1. The molecule has 0 saturated heterocycles. The van der Waals surface area contributed by atoms with Crippen LogP contribution in [0.25, 0.3) is 74.8 Å². The minimum atomic E-state index is 0.917. The Kier molecular flexibility index (Phi) is 5.78. The molecule has 47 heavy (non-hydrogen) atoms. The number of furan rings is 1. The van der Waals surface area contributed by atoms with Crippen molar-refractivity contribution in [3.05, 3.63) is 164 Å². The van der Waals surface area contributed by atoms with E-state index >= 15 is 0 Å². The maximum atomic E-state index is 6.30. The second-order valence-corrected chi connectivity index (χ2v) is 13.2.